The fourth-order valence-corrected chi connectivity index (χ4v) is 2.76. The van der Waals surface area contributed by atoms with E-state index in [9.17, 15) is 9.59 Å². The van der Waals surface area contributed by atoms with Crippen LogP contribution >= 0.6 is 0 Å². The number of amides is 2. The molecule has 0 bridgehead atoms. The molecule has 0 unspecified atom stereocenters. The molecule has 1 aromatic rings. The lowest BCUT2D eigenvalue weighted by Crippen LogP contribution is -2.45. The standard InChI is InChI=1S/C18H27N3O5/c1-5-6-9-19-15(22)11-20-17(23)18(26-4)16(21-18)13-10-12(24-2)7-8-14(13)25-3/h7-8,10,16,21H,5-6,9,11H2,1-4H3,(H,19,22)(H,20,23)/t16-,18+/m0/s1. The molecule has 8 heteroatoms. The zero-order valence-corrected chi connectivity index (χ0v) is 15.7. The van der Waals surface area contributed by atoms with Crippen LogP contribution in [0.15, 0.2) is 18.2 Å². The number of hydrogen-bond acceptors (Lipinski definition) is 6. The van der Waals surface area contributed by atoms with Gasteiger partial charge < -0.3 is 24.8 Å². The SMILES string of the molecule is CCCCNC(=O)CNC(=O)[C@@]1(OC)N[C@H]1c1cc(OC)ccc1OC. The fraction of sp³-hybridized carbons (Fsp3) is 0.556. The van der Waals surface area contributed by atoms with Gasteiger partial charge in [0.2, 0.25) is 11.6 Å². The highest BCUT2D eigenvalue weighted by atomic mass is 16.5. The zero-order chi connectivity index (χ0) is 19.2. The van der Waals surface area contributed by atoms with Gasteiger partial charge in [-0.05, 0) is 24.6 Å². The van der Waals surface area contributed by atoms with Gasteiger partial charge in [0.05, 0.1) is 26.8 Å². The lowest BCUT2D eigenvalue weighted by molar-refractivity contribution is -0.136. The first-order valence-electron chi connectivity index (χ1n) is 8.62. The Balaban J connectivity index is 2.02. The van der Waals surface area contributed by atoms with Crippen molar-refractivity contribution in [3.63, 3.8) is 0 Å². The molecule has 1 saturated heterocycles. The highest BCUT2D eigenvalue weighted by Gasteiger charge is 2.62. The monoisotopic (exact) mass is 365 g/mol. The average molecular weight is 365 g/mol. The molecule has 1 aliphatic heterocycles. The summed E-state index contributed by atoms with van der Waals surface area (Å²) in [5, 5.41) is 8.42. The van der Waals surface area contributed by atoms with Crippen LogP contribution in [0.2, 0.25) is 0 Å². The van der Waals surface area contributed by atoms with E-state index in [1.807, 2.05) is 6.92 Å². The second kappa shape index (κ2) is 8.86. The van der Waals surface area contributed by atoms with Crippen molar-refractivity contribution in [2.24, 2.45) is 0 Å². The van der Waals surface area contributed by atoms with Crippen molar-refractivity contribution in [2.75, 3.05) is 34.4 Å². The van der Waals surface area contributed by atoms with Crippen molar-refractivity contribution >= 4 is 11.8 Å². The van der Waals surface area contributed by atoms with Gasteiger partial charge in [0, 0.05) is 19.2 Å². The van der Waals surface area contributed by atoms with Crippen LogP contribution in [0.4, 0.5) is 0 Å². The summed E-state index contributed by atoms with van der Waals surface area (Å²) in [5.41, 5.74) is -0.486. The van der Waals surface area contributed by atoms with E-state index < -0.39 is 17.7 Å². The Labute approximate surface area is 153 Å². The lowest BCUT2D eigenvalue weighted by Gasteiger charge is -2.15. The highest BCUT2D eigenvalue weighted by molar-refractivity contribution is 5.92. The second-order valence-corrected chi connectivity index (χ2v) is 6.01. The van der Waals surface area contributed by atoms with Crippen molar-refractivity contribution in [1.29, 1.82) is 0 Å². The van der Waals surface area contributed by atoms with E-state index in [4.69, 9.17) is 14.2 Å². The number of benzene rings is 1. The Morgan fingerprint density at radius 1 is 1.19 bits per heavy atom. The molecule has 8 nitrogen and oxygen atoms in total. The summed E-state index contributed by atoms with van der Waals surface area (Å²) >= 11 is 0. The van der Waals surface area contributed by atoms with Gasteiger partial charge >= 0.3 is 0 Å². The van der Waals surface area contributed by atoms with Crippen LogP contribution in [0.3, 0.4) is 0 Å². The van der Waals surface area contributed by atoms with Crippen LogP contribution in [-0.4, -0.2) is 52.0 Å². The maximum Gasteiger partial charge on any atom is 0.270 e. The topological polar surface area (TPSA) is 108 Å². The maximum absolute atomic E-state index is 12.6. The first-order chi connectivity index (χ1) is 12.5. The minimum atomic E-state index is -1.23. The fourth-order valence-electron chi connectivity index (χ4n) is 2.76. The number of methoxy groups -OCH3 is 3. The van der Waals surface area contributed by atoms with Crippen LogP contribution < -0.4 is 25.4 Å². The van der Waals surface area contributed by atoms with Gasteiger partial charge in [0.1, 0.15) is 11.5 Å². The summed E-state index contributed by atoms with van der Waals surface area (Å²) in [4.78, 5) is 24.3. The van der Waals surface area contributed by atoms with E-state index in [0.717, 1.165) is 18.4 Å². The summed E-state index contributed by atoms with van der Waals surface area (Å²) < 4.78 is 16.0. The average Bonchev–Trinajstić information content (AvgIpc) is 3.41. The van der Waals surface area contributed by atoms with Crippen molar-refractivity contribution in [3.05, 3.63) is 23.8 Å². The number of nitrogens with one attached hydrogen (secondary N) is 3. The predicted octanol–water partition coefficient (Wildman–Crippen LogP) is 0.723. The Bertz CT molecular complexity index is 652. The van der Waals surface area contributed by atoms with Crippen LogP contribution in [-0.2, 0) is 14.3 Å². The lowest BCUT2D eigenvalue weighted by atomic mass is 10.1. The molecular formula is C18H27N3O5. The molecule has 2 rings (SSSR count). The van der Waals surface area contributed by atoms with Crippen molar-refractivity contribution in [3.8, 4) is 11.5 Å². The second-order valence-electron chi connectivity index (χ2n) is 6.01. The van der Waals surface area contributed by atoms with Gasteiger partial charge in [0.15, 0.2) is 0 Å². The number of carbonyl (C=O) groups excluding carboxylic acids is 2. The number of hydrogen-bond donors (Lipinski definition) is 3. The van der Waals surface area contributed by atoms with E-state index in [1.165, 1.54) is 7.11 Å². The number of rotatable bonds is 10. The van der Waals surface area contributed by atoms with E-state index >= 15 is 0 Å². The number of carbonyl (C=O) groups is 2. The van der Waals surface area contributed by atoms with Crippen molar-refractivity contribution in [2.45, 2.75) is 31.5 Å². The molecule has 1 fully saturated rings. The molecule has 1 aliphatic rings. The summed E-state index contributed by atoms with van der Waals surface area (Å²) in [6.45, 7) is 2.54. The summed E-state index contributed by atoms with van der Waals surface area (Å²) in [6.07, 6.45) is 1.90. The first kappa shape index (κ1) is 20.0. The largest absolute Gasteiger partial charge is 0.497 e. The number of unbranched alkanes of at least 4 members (excludes halogenated alkanes) is 1. The van der Waals surface area contributed by atoms with Gasteiger partial charge in [-0.3, -0.25) is 14.9 Å². The van der Waals surface area contributed by atoms with Gasteiger partial charge in [-0.15, -0.1) is 0 Å². The van der Waals surface area contributed by atoms with Crippen LogP contribution in [0.5, 0.6) is 11.5 Å². The van der Waals surface area contributed by atoms with E-state index in [1.54, 1.807) is 32.4 Å². The normalized spacial score (nSPS) is 21.0. The Hall–Kier alpha value is -2.32. The summed E-state index contributed by atoms with van der Waals surface area (Å²) in [6, 6.07) is 4.94. The highest BCUT2D eigenvalue weighted by Crippen LogP contribution is 2.46. The van der Waals surface area contributed by atoms with Gasteiger partial charge in [0.25, 0.3) is 5.91 Å². The van der Waals surface area contributed by atoms with Crippen molar-refractivity contribution < 1.29 is 23.8 Å². The van der Waals surface area contributed by atoms with E-state index in [-0.39, 0.29) is 12.5 Å². The smallest absolute Gasteiger partial charge is 0.270 e. The molecule has 0 aliphatic carbocycles. The van der Waals surface area contributed by atoms with Gasteiger partial charge in [-0.1, -0.05) is 13.3 Å². The molecule has 2 atom stereocenters. The number of ether oxygens (including phenoxy) is 3. The molecule has 1 aromatic carbocycles. The van der Waals surface area contributed by atoms with E-state index in [2.05, 4.69) is 16.0 Å². The molecule has 1 heterocycles. The third-order valence-corrected chi connectivity index (χ3v) is 4.35. The quantitative estimate of drug-likeness (QED) is 0.417. The summed E-state index contributed by atoms with van der Waals surface area (Å²) in [5.74, 6) is 0.636. The summed E-state index contributed by atoms with van der Waals surface area (Å²) in [7, 11) is 4.57. The molecular weight excluding hydrogens is 338 g/mol. The third kappa shape index (κ3) is 4.25. The molecule has 0 radical (unpaired) electrons. The zero-order valence-electron chi connectivity index (χ0n) is 15.7. The predicted molar refractivity (Wildman–Crippen MR) is 96.1 cm³/mol. The van der Waals surface area contributed by atoms with Gasteiger partial charge in [-0.25, -0.2) is 0 Å². The molecule has 0 aromatic heterocycles. The Morgan fingerprint density at radius 3 is 2.58 bits per heavy atom. The molecule has 0 saturated carbocycles. The molecule has 144 valence electrons. The first-order valence-corrected chi connectivity index (χ1v) is 8.62. The van der Waals surface area contributed by atoms with Crippen LogP contribution in [0.25, 0.3) is 0 Å². The van der Waals surface area contributed by atoms with Crippen LogP contribution in [0, 0.1) is 0 Å². The third-order valence-electron chi connectivity index (χ3n) is 4.35. The van der Waals surface area contributed by atoms with E-state index in [0.29, 0.717) is 18.0 Å². The minimum Gasteiger partial charge on any atom is -0.497 e. The molecule has 3 N–H and O–H groups in total. The minimum absolute atomic E-state index is 0.0999. The molecule has 26 heavy (non-hydrogen) atoms. The van der Waals surface area contributed by atoms with Crippen LogP contribution in [0.1, 0.15) is 31.4 Å². The molecule has 2 amide bonds. The molecule has 0 spiro atoms. The maximum atomic E-state index is 12.6. The van der Waals surface area contributed by atoms with Gasteiger partial charge in [-0.2, -0.15) is 0 Å². The van der Waals surface area contributed by atoms with Crippen molar-refractivity contribution in [1.82, 2.24) is 16.0 Å². The Kier molecular flexibility index (Phi) is 6.82. The Morgan fingerprint density at radius 2 is 1.96 bits per heavy atom.